The van der Waals surface area contributed by atoms with E-state index in [4.69, 9.17) is 4.74 Å². The lowest BCUT2D eigenvalue weighted by Crippen LogP contribution is -2.39. The summed E-state index contributed by atoms with van der Waals surface area (Å²) >= 11 is 0. The topological polar surface area (TPSA) is 75.6 Å². The molecule has 2 unspecified atom stereocenters. The zero-order valence-electron chi connectivity index (χ0n) is 12.6. The van der Waals surface area contributed by atoms with E-state index in [1.54, 1.807) is 7.11 Å². The van der Waals surface area contributed by atoms with Crippen molar-refractivity contribution >= 4 is 11.9 Å². The molecule has 0 saturated carbocycles. The minimum absolute atomic E-state index is 0.188. The van der Waals surface area contributed by atoms with Crippen LogP contribution in [0.5, 0.6) is 5.75 Å². The number of rotatable bonds is 6. The highest BCUT2D eigenvalue weighted by Crippen LogP contribution is 2.26. The van der Waals surface area contributed by atoms with Crippen LogP contribution in [0, 0.1) is 11.8 Å². The first-order valence-electron chi connectivity index (χ1n) is 7.41. The molecule has 1 amide bonds. The Bertz CT molecular complexity index is 568. The molecule has 118 valence electrons. The van der Waals surface area contributed by atoms with Gasteiger partial charge in [-0.15, -0.1) is 0 Å². The van der Waals surface area contributed by atoms with Crippen LogP contribution in [0.4, 0.5) is 0 Å². The summed E-state index contributed by atoms with van der Waals surface area (Å²) in [6.07, 6.45) is 5.26. The minimum Gasteiger partial charge on any atom is -0.496 e. The molecule has 1 aromatic carbocycles. The zero-order chi connectivity index (χ0) is 15.9. The van der Waals surface area contributed by atoms with E-state index < -0.39 is 17.8 Å². The molecule has 2 atom stereocenters. The molecule has 0 heterocycles. The molecule has 1 aliphatic rings. The number of carbonyl (C=O) groups excluding carboxylic acids is 1. The predicted octanol–water partition coefficient (Wildman–Crippen LogP) is 2.02. The molecule has 0 radical (unpaired) electrons. The van der Waals surface area contributed by atoms with Crippen LogP contribution >= 0.6 is 0 Å². The van der Waals surface area contributed by atoms with Crippen LogP contribution in [0.1, 0.15) is 18.4 Å². The highest BCUT2D eigenvalue weighted by molar-refractivity contribution is 5.85. The van der Waals surface area contributed by atoms with Crippen LogP contribution in [0.2, 0.25) is 0 Å². The van der Waals surface area contributed by atoms with E-state index in [0.29, 0.717) is 25.8 Å². The largest absolute Gasteiger partial charge is 0.496 e. The Balaban J connectivity index is 1.89. The molecule has 0 fully saturated rings. The first-order valence-corrected chi connectivity index (χ1v) is 7.41. The maximum Gasteiger partial charge on any atom is 0.307 e. The number of carboxylic acids is 1. The molecular weight excluding hydrogens is 282 g/mol. The number of nitrogens with one attached hydrogen (secondary N) is 1. The van der Waals surface area contributed by atoms with Gasteiger partial charge in [0.2, 0.25) is 5.91 Å². The number of carbonyl (C=O) groups is 2. The van der Waals surface area contributed by atoms with E-state index in [1.165, 1.54) is 0 Å². The molecule has 22 heavy (non-hydrogen) atoms. The monoisotopic (exact) mass is 303 g/mol. The van der Waals surface area contributed by atoms with Crippen LogP contribution in [0.3, 0.4) is 0 Å². The van der Waals surface area contributed by atoms with Crippen molar-refractivity contribution in [2.45, 2.75) is 19.3 Å². The fraction of sp³-hybridized carbons (Fsp3) is 0.412. The SMILES string of the molecule is COc1ccccc1CCNC(=O)C1CC=CCC1C(=O)O. The lowest BCUT2D eigenvalue weighted by Gasteiger charge is -2.24. The lowest BCUT2D eigenvalue weighted by molar-refractivity contribution is -0.147. The second-order valence-electron chi connectivity index (χ2n) is 5.35. The summed E-state index contributed by atoms with van der Waals surface area (Å²) in [5.74, 6) is -1.42. The summed E-state index contributed by atoms with van der Waals surface area (Å²) < 4.78 is 5.27. The molecule has 0 spiro atoms. The van der Waals surface area contributed by atoms with E-state index in [9.17, 15) is 14.7 Å². The summed E-state index contributed by atoms with van der Waals surface area (Å²) in [6.45, 7) is 0.464. The molecule has 1 aliphatic carbocycles. The first-order chi connectivity index (χ1) is 10.6. The second-order valence-corrected chi connectivity index (χ2v) is 5.35. The van der Waals surface area contributed by atoms with E-state index in [0.717, 1.165) is 11.3 Å². The van der Waals surface area contributed by atoms with Crippen molar-refractivity contribution in [3.05, 3.63) is 42.0 Å². The van der Waals surface area contributed by atoms with Crippen molar-refractivity contribution in [3.8, 4) is 5.75 Å². The minimum atomic E-state index is -0.908. The number of allylic oxidation sites excluding steroid dienone is 2. The van der Waals surface area contributed by atoms with E-state index >= 15 is 0 Å². The molecule has 1 aromatic rings. The Morgan fingerprint density at radius 2 is 1.91 bits per heavy atom. The molecule has 2 rings (SSSR count). The molecule has 0 bridgehead atoms. The van der Waals surface area contributed by atoms with Crippen molar-refractivity contribution in [1.29, 1.82) is 0 Å². The van der Waals surface area contributed by atoms with Crippen LogP contribution in [0.15, 0.2) is 36.4 Å². The molecule has 0 aliphatic heterocycles. The normalized spacial score (nSPS) is 20.4. The quantitative estimate of drug-likeness (QED) is 0.788. The van der Waals surface area contributed by atoms with Gasteiger partial charge in [-0.1, -0.05) is 30.4 Å². The van der Waals surface area contributed by atoms with Crippen molar-refractivity contribution in [3.63, 3.8) is 0 Å². The summed E-state index contributed by atoms with van der Waals surface area (Å²) in [7, 11) is 1.61. The number of para-hydroxylation sites is 1. The van der Waals surface area contributed by atoms with Gasteiger partial charge < -0.3 is 15.2 Å². The van der Waals surface area contributed by atoms with Gasteiger partial charge in [-0.25, -0.2) is 0 Å². The van der Waals surface area contributed by atoms with Gasteiger partial charge in [0.15, 0.2) is 0 Å². The van der Waals surface area contributed by atoms with Crippen LogP contribution in [0.25, 0.3) is 0 Å². The molecule has 2 N–H and O–H groups in total. The highest BCUT2D eigenvalue weighted by atomic mass is 16.5. The number of ether oxygens (including phenoxy) is 1. The van der Waals surface area contributed by atoms with Gasteiger partial charge >= 0.3 is 5.97 Å². The fourth-order valence-corrected chi connectivity index (χ4v) is 2.74. The average Bonchev–Trinajstić information content (AvgIpc) is 2.55. The fourth-order valence-electron chi connectivity index (χ4n) is 2.74. The van der Waals surface area contributed by atoms with Gasteiger partial charge in [-0.2, -0.15) is 0 Å². The van der Waals surface area contributed by atoms with E-state index in [2.05, 4.69) is 5.32 Å². The van der Waals surface area contributed by atoms with Crippen molar-refractivity contribution in [2.24, 2.45) is 11.8 Å². The third kappa shape index (κ3) is 3.87. The second kappa shape index (κ2) is 7.64. The van der Waals surface area contributed by atoms with Gasteiger partial charge in [-0.05, 0) is 30.9 Å². The average molecular weight is 303 g/mol. The van der Waals surface area contributed by atoms with Crippen molar-refractivity contribution < 1.29 is 19.4 Å². The summed E-state index contributed by atoms with van der Waals surface area (Å²) in [6, 6.07) is 7.65. The maximum atomic E-state index is 12.2. The van der Waals surface area contributed by atoms with Gasteiger partial charge in [0.1, 0.15) is 5.75 Å². The number of hydrogen-bond acceptors (Lipinski definition) is 3. The van der Waals surface area contributed by atoms with Crippen molar-refractivity contribution in [1.82, 2.24) is 5.32 Å². The summed E-state index contributed by atoms with van der Waals surface area (Å²) in [4.78, 5) is 23.4. The number of hydrogen-bond donors (Lipinski definition) is 2. The first kappa shape index (κ1) is 16.1. The van der Waals surface area contributed by atoms with Gasteiger partial charge in [0.05, 0.1) is 18.9 Å². The molecule has 0 saturated heterocycles. The summed E-state index contributed by atoms with van der Waals surface area (Å²) in [5, 5.41) is 12.0. The van der Waals surface area contributed by atoms with Gasteiger partial charge in [0, 0.05) is 6.54 Å². The van der Waals surface area contributed by atoms with Crippen molar-refractivity contribution in [2.75, 3.05) is 13.7 Å². The Morgan fingerprint density at radius 3 is 2.59 bits per heavy atom. The Kier molecular flexibility index (Phi) is 5.58. The number of benzene rings is 1. The number of methoxy groups -OCH3 is 1. The maximum absolute atomic E-state index is 12.2. The molecular formula is C17H21NO4. The Labute approximate surface area is 130 Å². The zero-order valence-corrected chi connectivity index (χ0v) is 12.6. The molecule has 0 aromatic heterocycles. The number of carboxylic acid groups (broad SMARTS) is 1. The van der Waals surface area contributed by atoms with E-state index in [-0.39, 0.29) is 5.91 Å². The lowest BCUT2D eigenvalue weighted by atomic mass is 9.82. The predicted molar refractivity (Wildman–Crippen MR) is 82.7 cm³/mol. The van der Waals surface area contributed by atoms with Crippen LogP contribution in [-0.2, 0) is 16.0 Å². The summed E-state index contributed by atoms with van der Waals surface area (Å²) in [5.41, 5.74) is 1.02. The number of amides is 1. The number of aliphatic carboxylic acids is 1. The molecule has 5 nitrogen and oxygen atoms in total. The smallest absolute Gasteiger partial charge is 0.307 e. The third-order valence-corrected chi connectivity index (χ3v) is 3.97. The Hall–Kier alpha value is -2.30. The van der Waals surface area contributed by atoms with E-state index in [1.807, 2.05) is 36.4 Å². The van der Waals surface area contributed by atoms with Gasteiger partial charge in [0.25, 0.3) is 0 Å². The highest BCUT2D eigenvalue weighted by Gasteiger charge is 2.33. The standard InChI is InChI=1S/C17H21NO4/c1-22-15-9-5-2-6-12(15)10-11-18-16(19)13-7-3-4-8-14(13)17(20)21/h2-6,9,13-14H,7-8,10-11H2,1H3,(H,18,19)(H,20,21). The Morgan fingerprint density at radius 1 is 1.23 bits per heavy atom. The van der Waals surface area contributed by atoms with Gasteiger partial charge in [-0.3, -0.25) is 9.59 Å². The molecule has 5 heteroatoms. The van der Waals surface area contributed by atoms with Crippen LogP contribution in [-0.4, -0.2) is 30.6 Å². The third-order valence-electron chi connectivity index (χ3n) is 3.97. The van der Waals surface area contributed by atoms with Crippen LogP contribution < -0.4 is 10.1 Å².